The Morgan fingerprint density at radius 1 is 1.16 bits per heavy atom. The van der Waals surface area contributed by atoms with Gasteiger partial charge in [-0.05, 0) is 36.2 Å². The third-order valence-electron chi connectivity index (χ3n) is 5.14. The molecule has 2 amide bonds. The quantitative estimate of drug-likeness (QED) is 0.476. The van der Waals surface area contributed by atoms with E-state index in [1.54, 1.807) is 42.7 Å². The van der Waals surface area contributed by atoms with Crippen LogP contribution >= 0.6 is 11.8 Å². The van der Waals surface area contributed by atoms with Crippen LogP contribution < -0.4 is 15.0 Å². The molecule has 32 heavy (non-hydrogen) atoms. The summed E-state index contributed by atoms with van der Waals surface area (Å²) in [4.78, 5) is 19.1. The van der Waals surface area contributed by atoms with Crippen LogP contribution in [-0.4, -0.2) is 24.7 Å². The summed E-state index contributed by atoms with van der Waals surface area (Å²) in [5.74, 6) is -0.0250. The molecular formula is C23H20F3N3O2S. The Hall–Kier alpha value is -3.20. The molecule has 166 valence electrons. The number of aromatic nitrogens is 1. The van der Waals surface area contributed by atoms with Crippen molar-refractivity contribution in [3.8, 4) is 5.75 Å². The number of pyridine rings is 1. The van der Waals surface area contributed by atoms with Gasteiger partial charge in [-0.1, -0.05) is 24.3 Å². The molecule has 1 N–H and O–H groups in total. The standard InChI is InChI=1S/C23H20F3N3O2S/c1-31-21-16(14-32-17-8-11-27-12-9-17)6-7-18(20(21)23(24,25)26)28-22(30)29-13-10-15-4-2-3-5-19(15)29/h2-9,11-12H,10,13-14H2,1H3,(H,28,30). The van der Waals surface area contributed by atoms with E-state index in [4.69, 9.17) is 4.74 Å². The molecular weight excluding hydrogens is 439 g/mol. The summed E-state index contributed by atoms with van der Waals surface area (Å²) in [5.41, 5.74) is 0.747. The van der Waals surface area contributed by atoms with Crippen molar-refractivity contribution in [1.82, 2.24) is 4.98 Å². The molecule has 0 saturated carbocycles. The Morgan fingerprint density at radius 3 is 2.62 bits per heavy atom. The molecule has 0 bridgehead atoms. The first-order valence-corrected chi connectivity index (χ1v) is 10.8. The van der Waals surface area contributed by atoms with E-state index in [0.717, 1.165) is 10.5 Å². The third-order valence-corrected chi connectivity index (χ3v) is 6.21. The number of rotatable bonds is 5. The molecule has 0 atom stereocenters. The fourth-order valence-corrected chi connectivity index (χ4v) is 4.55. The van der Waals surface area contributed by atoms with Crippen molar-refractivity contribution < 1.29 is 22.7 Å². The highest BCUT2D eigenvalue weighted by Crippen LogP contribution is 2.44. The fourth-order valence-electron chi connectivity index (χ4n) is 3.69. The van der Waals surface area contributed by atoms with Gasteiger partial charge in [0.05, 0.1) is 12.8 Å². The first kappa shape index (κ1) is 22.0. The SMILES string of the molecule is COc1c(CSc2ccncc2)ccc(NC(=O)N2CCc3ccccc32)c1C(F)(F)F. The van der Waals surface area contributed by atoms with Crippen LogP contribution in [0, 0.1) is 0 Å². The molecule has 9 heteroatoms. The number of nitrogens with one attached hydrogen (secondary N) is 1. The van der Waals surface area contributed by atoms with Gasteiger partial charge in [0.15, 0.2) is 0 Å². The molecule has 5 nitrogen and oxygen atoms in total. The second kappa shape index (κ2) is 9.12. The van der Waals surface area contributed by atoms with Crippen LogP contribution in [0.15, 0.2) is 65.8 Å². The minimum atomic E-state index is -4.71. The Balaban J connectivity index is 1.63. The zero-order valence-electron chi connectivity index (χ0n) is 17.1. The van der Waals surface area contributed by atoms with Gasteiger partial charge in [-0.2, -0.15) is 13.2 Å². The van der Waals surface area contributed by atoms with Crippen LogP contribution in [0.25, 0.3) is 0 Å². The van der Waals surface area contributed by atoms with Crippen LogP contribution in [0.1, 0.15) is 16.7 Å². The summed E-state index contributed by atoms with van der Waals surface area (Å²) < 4.78 is 47.3. The van der Waals surface area contributed by atoms with Gasteiger partial charge in [0, 0.05) is 40.8 Å². The largest absolute Gasteiger partial charge is 0.496 e. The molecule has 0 radical (unpaired) electrons. The van der Waals surface area contributed by atoms with Gasteiger partial charge in [-0.25, -0.2) is 4.79 Å². The Kier molecular flexibility index (Phi) is 6.27. The molecule has 1 aliphatic rings. The lowest BCUT2D eigenvalue weighted by molar-refractivity contribution is -0.138. The normalized spacial score (nSPS) is 13.1. The number of anilines is 2. The number of halogens is 3. The number of carbonyl (C=O) groups is 1. The van der Waals surface area contributed by atoms with Crippen LogP contribution in [-0.2, 0) is 18.3 Å². The first-order valence-electron chi connectivity index (χ1n) is 9.85. The van der Waals surface area contributed by atoms with E-state index in [-0.39, 0.29) is 17.2 Å². The summed E-state index contributed by atoms with van der Waals surface area (Å²) in [6.45, 7) is 0.407. The highest BCUT2D eigenvalue weighted by atomic mass is 32.2. The van der Waals surface area contributed by atoms with Crippen LogP contribution in [0.4, 0.5) is 29.3 Å². The maximum Gasteiger partial charge on any atom is 0.421 e. The van der Waals surface area contributed by atoms with Crippen LogP contribution in [0.3, 0.4) is 0 Å². The predicted octanol–water partition coefficient (Wildman–Crippen LogP) is 6.00. The van der Waals surface area contributed by atoms with E-state index in [1.165, 1.54) is 29.8 Å². The molecule has 1 aliphatic heterocycles. The number of methoxy groups -OCH3 is 1. The van der Waals surface area contributed by atoms with Crippen molar-refractivity contribution in [1.29, 1.82) is 0 Å². The van der Waals surface area contributed by atoms with Crippen LogP contribution in [0.2, 0.25) is 0 Å². The minimum Gasteiger partial charge on any atom is -0.496 e. The topological polar surface area (TPSA) is 54.5 Å². The monoisotopic (exact) mass is 459 g/mol. The second-order valence-electron chi connectivity index (χ2n) is 7.11. The summed E-state index contributed by atoms with van der Waals surface area (Å²) in [7, 11) is 1.20. The number of hydrogen-bond donors (Lipinski definition) is 1. The fraction of sp³-hybridized carbons (Fsp3) is 0.217. The molecule has 2 heterocycles. The van der Waals surface area contributed by atoms with Gasteiger partial charge >= 0.3 is 12.2 Å². The minimum absolute atomic E-state index is 0.268. The van der Waals surface area contributed by atoms with Gasteiger partial charge in [0.2, 0.25) is 0 Å². The number of ether oxygens (including phenoxy) is 1. The number of fused-ring (bicyclic) bond motifs is 1. The first-order chi connectivity index (χ1) is 15.4. The maximum atomic E-state index is 14.0. The Labute approximate surface area is 187 Å². The molecule has 0 fully saturated rings. The molecule has 0 spiro atoms. The van der Waals surface area contributed by atoms with Crippen molar-refractivity contribution in [3.63, 3.8) is 0 Å². The molecule has 3 aromatic rings. The molecule has 2 aromatic carbocycles. The van der Waals surface area contributed by atoms with E-state index < -0.39 is 17.8 Å². The number of para-hydroxylation sites is 1. The van der Waals surface area contributed by atoms with Gasteiger partial charge in [-0.3, -0.25) is 9.88 Å². The summed E-state index contributed by atoms with van der Waals surface area (Å²) in [6.07, 6.45) is -0.815. The number of carbonyl (C=O) groups excluding carboxylic acids is 1. The number of thioether (sulfide) groups is 1. The molecule has 4 rings (SSSR count). The lowest BCUT2D eigenvalue weighted by atomic mass is 10.1. The van der Waals surface area contributed by atoms with Crippen molar-refractivity contribution in [2.45, 2.75) is 23.2 Å². The van der Waals surface area contributed by atoms with Crippen molar-refractivity contribution in [2.24, 2.45) is 0 Å². The van der Waals surface area contributed by atoms with Gasteiger partial charge < -0.3 is 10.1 Å². The van der Waals surface area contributed by atoms with Crippen molar-refractivity contribution >= 4 is 29.2 Å². The summed E-state index contributed by atoms with van der Waals surface area (Å²) >= 11 is 1.37. The van der Waals surface area contributed by atoms with Gasteiger partial charge in [-0.15, -0.1) is 11.8 Å². The summed E-state index contributed by atoms with van der Waals surface area (Å²) in [6, 6.07) is 13.1. The Morgan fingerprint density at radius 2 is 1.91 bits per heavy atom. The highest BCUT2D eigenvalue weighted by molar-refractivity contribution is 7.98. The summed E-state index contributed by atoms with van der Waals surface area (Å²) in [5, 5.41) is 2.45. The van der Waals surface area contributed by atoms with Gasteiger partial charge in [0.1, 0.15) is 11.3 Å². The third kappa shape index (κ3) is 4.52. The van der Waals surface area contributed by atoms with Crippen molar-refractivity contribution in [3.05, 3.63) is 77.6 Å². The van der Waals surface area contributed by atoms with E-state index in [0.29, 0.717) is 24.2 Å². The maximum absolute atomic E-state index is 14.0. The zero-order chi connectivity index (χ0) is 22.7. The molecule has 0 aliphatic carbocycles. The smallest absolute Gasteiger partial charge is 0.421 e. The number of urea groups is 1. The lowest BCUT2D eigenvalue weighted by Crippen LogP contribution is -2.34. The van der Waals surface area contributed by atoms with Gasteiger partial charge in [0.25, 0.3) is 0 Å². The van der Waals surface area contributed by atoms with Crippen molar-refractivity contribution in [2.75, 3.05) is 23.9 Å². The predicted molar refractivity (Wildman–Crippen MR) is 118 cm³/mol. The molecule has 0 unspecified atom stereocenters. The number of benzene rings is 2. The number of amides is 2. The van der Waals surface area contributed by atoms with E-state index in [1.807, 2.05) is 12.1 Å². The van der Waals surface area contributed by atoms with E-state index in [9.17, 15) is 18.0 Å². The number of alkyl halides is 3. The van der Waals surface area contributed by atoms with E-state index in [2.05, 4.69) is 10.3 Å². The van der Waals surface area contributed by atoms with Crippen LogP contribution in [0.5, 0.6) is 5.75 Å². The molecule has 1 aromatic heterocycles. The average molecular weight is 459 g/mol. The zero-order valence-corrected chi connectivity index (χ0v) is 18.0. The highest BCUT2D eigenvalue weighted by Gasteiger charge is 2.39. The average Bonchev–Trinajstić information content (AvgIpc) is 3.22. The molecule has 0 saturated heterocycles. The Bertz CT molecular complexity index is 1120. The number of hydrogen-bond acceptors (Lipinski definition) is 4. The number of nitrogens with zero attached hydrogens (tertiary/aromatic N) is 2. The second-order valence-corrected chi connectivity index (χ2v) is 8.16. The lowest BCUT2D eigenvalue weighted by Gasteiger charge is -2.22. The van der Waals surface area contributed by atoms with E-state index >= 15 is 0 Å².